The van der Waals surface area contributed by atoms with Crippen molar-refractivity contribution in [2.75, 3.05) is 13.2 Å². The highest BCUT2D eigenvalue weighted by Crippen LogP contribution is 2.37. The van der Waals surface area contributed by atoms with Crippen molar-refractivity contribution in [3.8, 4) is 0 Å². The number of halogens is 2. The molecule has 2 aliphatic heterocycles. The van der Waals surface area contributed by atoms with Crippen molar-refractivity contribution < 1.29 is 49.7 Å². The maximum absolute atomic E-state index is 12.8. The number of hydrogen-bond acceptors (Lipinski definition) is 11. The predicted octanol–water partition coefficient (Wildman–Crippen LogP) is -0.498. The van der Waals surface area contributed by atoms with Crippen LogP contribution in [0.15, 0.2) is 48.5 Å². The molecule has 2 amide bonds. The molecule has 0 radical (unpaired) electrons. The Hall–Kier alpha value is -2.01. The molecule has 0 bridgehead atoms. The largest absolute Gasteiger partial charge is 0.394 e. The minimum absolute atomic E-state index is 0.204. The van der Waals surface area contributed by atoms with Crippen LogP contribution in [0.4, 0.5) is 0 Å². The maximum atomic E-state index is 12.8. The highest BCUT2D eigenvalue weighted by Gasteiger charge is 2.50. The molecule has 2 aliphatic rings. The summed E-state index contributed by atoms with van der Waals surface area (Å²) in [7, 11) is 0. The molecule has 15 heteroatoms. The molecule has 2 aromatic carbocycles. The van der Waals surface area contributed by atoms with Gasteiger partial charge in [-0.25, -0.2) is 0 Å². The highest BCUT2D eigenvalue weighted by atomic mass is 35.5. The lowest BCUT2D eigenvalue weighted by Crippen LogP contribution is -2.66. The predicted molar refractivity (Wildman–Crippen MR) is 149 cm³/mol. The van der Waals surface area contributed by atoms with Crippen LogP contribution < -0.4 is 10.6 Å². The van der Waals surface area contributed by atoms with Gasteiger partial charge in [-0.15, -0.1) is 0 Å². The Morgan fingerprint density at radius 1 is 0.659 bits per heavy atom. The number of amides is 2. The quantitative estimate of drug-likeness (QED) is 0.187. The molecule has 224 valence electrons. The number of thioether (sulfide) groups is 1. The highest BCUT2D eigenvalue weighted by molar-refractivity contribution is 8.00. The molecule has 4 rings (SSSR count). The van der Waals surface area contributed by atoms with Crippen LogP contribution in [0.5, 0.6) is 0 Å². The van der Waals surface area contributed by atoms with Crippen LogP contribution in [0.2, 0.25) is 10.0 Å². The van der Waals surface area contributed by atoms with Gasteiger partial charge in [0.05, 0.1) is 25.3 Å². The summed E-state index contributed by atoms with van der Waals surface area (Å²) in [5.41, 5.74) is -2.13. The first-order valence-corrected chi connectivity index (χ1v) is 14.3. The number of rotatable bonds is 8. The molecule has 0 unspecified atom stereocenters. The van der Waals surface area contributed by atoms with Crippen LogP contribution in [0.25, 0.3) is 0 Å². The van der Waals surface area contributed by atoms with Gasteiger partial charge in [0, 0.05) is 21.2 Å². The van der Waals surface area contributed by atoms with E-state index in [1.54, 1.807) is 0 Å². The molecular weight excluding hydrogens is 603 g/mol. The summed E-state index contributed by atoms with van der Waals surface area (Å²) in [6.07, 6.45) is -8.59. The smallest absolute Gasteiger partial charge is 0.251 e. The second kappa shape index (κ2) is 14.0. The lowest BCUT2D eigenvalue weighted by atomic mass is 9.96. The van der Waals surface area contributed by atoms with E-state index in [2.05, 4.69) is 10.6 Å². The van der Waals surface area contributed by atoms with Crippen molar-refractivity contribution in [2.24, 2.45) is 0 Å². The van der Waals surface area contributed by atoms with Crippen LogP contribution in [0.1, 0.15) is 20.7 Å². The van der Waals surface area contributed by atoms with E-state index < -0.39 is 84.6 Å². The Labute approximate surface area is 249 Å². The zero-order valence-electron chi connectivity index (χ0n) is 21.3. The van der Waals surface area contributed by atoms with Gasteiger partial charge in [0.2, 0.25) is 0 Å². The van der Waals surface area contributed by atoms with Gasteiger partial charge in [0.25, 0.3) is 11.8 Å². The van der Waals surface area contributed by atoms with Gasteiger partial charge < -0.3 is 50.7 Å². The van der Waals surface area contributed by atoms with E-state index >= 15 is 0 Å². The Morgan fingerprint density at radius 3 is 1.32 bits per heavy atom. The number of aliphatic hydroxyl groups excluding tert-OH is 6. The number of benzene rings is 2. The van der Waals surface area contributed by atoms with Crippen LogP contribution in [-0.4, -0.2) is 115 Å². The Balaban J connectivity index is 1.50. The summed E-state index contributed by atoms with van der Waals surface area (Å²) in [6.45, 7) is -1.33. The first kappa shape index (κ1) is 31.9. The summed E-state index contributed by atoms with van der Waals surface area (Å²) < 4.78 is 11.3. The van der Waals surface area contributed by atoms with E-state index in [1.807, 2.05) is 0 Å². The zero-order valence-corrected chi connectivity index (χ0v) is 23.6. The van der Waals surface area contributed by atoms with Crippen molar-refractivity contribution >= 4 is 46.8 Å². The first-order valence-electron chi connectivity index (χ1n) is 12.6. The summed E-state index contributed by atoms with van der Waals surface area (Å²) >= 11 is 12.5. The Bertz CT molecular complexity index is 1100. The number of ether oxygens (including phenoxy) is 2. The number of aliphatic hydroxyl groups is 6. The van der Waals surface area contributed by atoms with E-state index in [1.165, 1.54) is 48.5 Å². The number of hydrogen-bond donors (Lipinski definition) is 8. The third-order valence-corrected chi connectivity index (χ3v) is 8.67. The molecule has 0 aromatic heterocycles. The summed E-state index contributed by atoms with van der Waals surface area (Å²) in [4.78, 5) is 25.6. The number of nitrogens with one attached hydrogen (secondary N) is 2. The van der Waals surface area contributed by atoms with Crippen LogP contribution in [-0.2, 0) is 9.47 Å². The van der Waals surface area contributed by atoms with Crippen molar-refractivity contribution in [3.05, 3.63) is 69.7 Å². The lowest BCUT2D eigenvalue weighted by molar-refractivity contribution is -0.175. The van der Waals surface area contributed by atoms with E-state index in [9.17, 15) is 40.2 Å². The monoisotopic (exact) mass is 632 g/mol. The fourth-order valence-electron chi connectivity index (χ4n) is 4.54. The molecule has 10 atom stereocenters. The standard InChI is InChI=1S/C26H30Cl2N2O10S/c27-13-5-1-11(2-6-13)23(37)29-17-19(33)15(9-31)39-25(21(17)35)41-26-22(36)18(20(34)16(10-32)40-26)30-24(38)12-3-7-14(28)8-4-12/h1-8,15-22,25-26,31-36H,9-10H2,(H,29,37)(H,30,38)/t15-,16-,17-,18-,19+,20+,21-,22-,25+,26+/m1/s1. The second-order valence-corrected chi connectivity index (χ2v) is 11.6. The molecule has 12 nitrogen and oxygen atoms in total. The topological polar surface area (TPSA) is 198 Å². The van der Waals surface area contributed by atoms with Crippen LogP contribution in [0, 0.1) is 0 Å². The van der Waals surface area contributed by atoms with Gasteiger partial charge in [-0.2, -0.15) is 0 Å². The zero-order chi connectivity index (χ0) is 29.8. The van der Waals surface area contributed by atoms with Gasteiger partial charge in [0.1, 0.15) is 47.5 Å². The minimum Gasteiger partial charge on any atom is -0.394 e. The van der Waals surface area contributed by atoms with E-state index in [0.29, 0.717) is 10.0 Å². The van der Waals surface area contributed by atoms with Crippen molar-refractivity contribution in [3.63, 3.8) is 0 Å². The van der Waals surface area contributed by atoms with Gasteiger partial charge >= 0.3 is 0 Å². The average Bonchev–Trinajstić information content (AvgIpc) is 2.96. The third-order valence-electron chi connectivity index (χ3n) is 6.85. The molecule has 0 saturated carbocycles. The molecular formula is C26H30Cl2N2O10S. The lowest BCUT2D eigenvalue weighted by Gasteiger charge is -2.46. The fourth-order valence-corrected chi connectivity index (χ4v) is 6.14. The maximum Gasteiger partial charge on any atom is 0.251 e. The molecule has 2 saturated heterocycles. The molecule has 2 fully saturated rings. The molecule has 2 aromatic rings. The second-order valence-electron chi connectivity index (χ2n) is 9.56. The fraction of sp³-hybridized carbons (Fsp3) is 0.462. The number of carbonyl (C=O) groups excluding carboxylic acids is 2. The summed E-state index contributed by atoms with van der Waals surface area (Å²) in [6, 6.07) is 9.21. The first-order chi connectivity index (χ1) is 19.5. The van der Waals surface area contributed by atoms with E-state index in [0.717, 1.165) is 11.8 Å². The molecule has 41 heavy (non-hydrogen) atoms. The average molecular weight is 634 g/mol. The number of carbonyl (C=O) groups is 2. The molecule has 0 aliphatic carbocycles. The minimum atomic E-state index is -1.56. The van der Waals surface area contributed by atoms with Crippen LogP contribution in [0.3, 0.4) is 0 Å². The van der Waals surface area contributed by atoms with E-state index in [-0.39, 0.29) is 11.1 Å². The van der Waals surface area contributed by atoms with E-state index in [4.69, 9.17) is 32.7 Å². The summed E-state index contributed by atoms with van der Waals surface area (Å²) in [5, 5.41) is 69.1. The third kappa shape index (κ3) is 7.32. The molecule has 2 heterocycles. The van der Waals surface area contributed by atoms with Gasteiger partial charge in [0.15, 0.2) is 0 Å². The normalized spacial score (nSPS) is 33.7. The Kier molecular flexibility index (Phi) is 10.9. The molecule has 8 N–H and O–H groups in total. The Morgan fingerprint density at radius 2 is 1.00 bits per heavy atom. The van der Waals surface area contributed by atoms with Crippen molar-refractivity contribution in [1.29, 1.82) is 0 Å². The van der Waals surface area contributed by atoms with Crippen LogP contribution >= 0.6 is 35.0 Å². The van der Waals surface area contributed by atoms with Crippen molar-refractivity contribution in [1.82, 2.24) is 10.6 Å². The SMILES string of the molecule is O=C(N[C@@H]1[C@@H](O)[C@@H](CO)O[C@@H](S[C@@H]2O[C@H](CO)[C@H](O)[C@@H](NC(=O)c3ccc(Cl)cc3)[C@H]2O)[C@@H]1O)c1ccc(Cl)cc1. The van der Waals surface area contributed by atoms with Crippen molar-refractivity contribution in [2.45, 2.75) is 59.6 Å². The van der Waals surface area contributed by atoms with Gasteiger partial charge in [-0.05, 0) is 48.5 Å². The summed E-state index contributed by atoms with van der Waals surface area (Å²) in [5.74, 6) is -1.26. The molecule has 0 spiro atoms. The van der Waals surface area contributed by atoms with Gasteiger partial charge in [-0.3, -0.25) is 9.59 Å². The van der Waals surface area contributed by atoms with Gasteiger partial charge in [-0.1, -0.05) is 35.0 Å².